The minimum Gasteiger partial charge on any atom is -0.378 e. The van der Waals surface area contributed by atoms with Crippen LogP contribution in [-0.4, -0.2) is 61.0 Å². The molecule has 1 aliphatic carbocycles. The lowest BCUT2D eigenvalue weighted by molar-refractivity contribution is 0.122. The Labute approximate surface area is 214 Å². The van der Waals surface area contributed by atoms with Gasteiger partial charge in [0.25, 0.3) is 0 Å². The van der Waals surface area contributed by atoms with Crippen molar-refractivity contribution in [3.05, 3.63) is 42.0 Å². The predicted octanol–water partition coefficient (Wildman–Crippen LogP) is 4.49. The molecule has 0 amide bonds. The Balaban J connectivity index is 1.31. The molecule has 2 saturated heterocycles. The molecule has 0 atom stereocenters. The molecule has 0 bridgehead atoms. The van der Waals surface area contributed by atoms with Crippen LogP contribution in [0.1, 0.15) is 56.9 Å². The van der Waals surface area contributed by atoms with E-state index < -0.39 is 0 Å². The molecule has 0 unspecified atom stereocenters. The fourth-order valence-corrected chi connectivity index (χ4v) is 5.86. The van der Waals surface area contributed by atoms with E-state index in [-0.39, 0.29) is 5.41 Å². The summed E-state index contributed by atoms with van der Waals surface area (Å²) < 4.78 is 5.56. The number of benzene rings is 1. The van der Waals surface area contributed by atoms with Gasteiger partial charge in [-0.15, -0.1) is 0 Å². The Morgan fingerprint density at radius 1 is 0.857 bits per heavy atom. The van der Waals surface area contributed by atoms with Gasteiger partial charge in [-0.3, -0.25) is 0 Å². The Hall–Kier alpha value is -2.45. The SMILES string of the molecule is S=C(NCC1(c2ccccc2)CCCC1)Nc1nc(N2CCCCCC2)cc(N2CCOCC2)n1. The van der Waals surface area contributed by atoms with Crippen LogP contribution in [0.3, 0.4) is 0 Å². The van der Waals surface area contributed by atoms with Crippen LogP contribution in [0.5, 0.6) is 0 Å². The topological polar surface area (TPSA) is 65.6 Å². The molecule has 1 saturated carbocycles. The van der Waals surface area contributed by atoms with Gasteiger partial charge in [0.15, 0.2) is 5.11 Å². The number of ether oxygens (including phenoxy) is 1. The monoisotopic (exact) mass is 494 g/mol. The van der Waals surface area contributed by atoms with Crippen LogP contribution in [0.25, 0.3) is 0 Å². The summed E-state index contributed by atoms with van der Waals surface area (Å²) in [4.78, 5) is 14.5. The first-order chi connectivity index (χ1) is 17.2. The standard InChI is InChI=1S/C27H38N6OS/c35-26(28-21-27(12-6-7-13-27)22-10-4-3-5-11-22)31-25-29-23(32-14-8-1-2-9-15-32)20-24(30-25)33-16-18-34-19-17-33/h3-5,10-11,20H,1-2,6-9,12-19,21H2,(H2,28,29,30,31,35). The summed E-state index contributed by atoms with van der Waals surface area (Å²) in [5, 5.41) is 7.43. The molecule has 188 valence electrons. The lowest BCUT2D eigenvalue weighted by Crippen LogP contribution is -2.41. The molecule has 0 spiro atoms. The van der Waals surface area contributed by atoms with E-state index in [1.54, 1.807) is 0 Å². The van der Waals surface area contributed by atoms with Crippen molar-refractivity contribution in [2.45, 2.75) is 56.8 Å². The number of thiocarbonyl (C=S) groups is 1. The fourth-order valence-electron chi connectivity index (χ4n) is 5.70. The average Bonchev–Trinajstić information content (AvgIpc) is 3.23. The number of hydrogen-bond acceptors (Lipinski definition) is 6. The second-order valence-electron chi connectivity index (χ2n) is 10.1. The van der Waals surface area contributed by atoms with Crippen molar-refractivity contribution in [2.24, 2.45) is 0 Å². The molecule has 3 fully saturated rings. The summed E-state index contributed by atoms with van der Waals surface area (Å²) in [7, 11) is 0. The van der Waals surface area contributed by atoms with E-state index in [9.17, 15) is 0 Å². The van der Waals surface area contributed by atoms with Crippen LogP contribution in [0.4, 0.5) is 17.6 Å². The van der Waals surface area contributed by atoms with Crippen molar-refractivity contribution in [3.63, 3.8) is 0 Å². The average molecular weight is 495 g/mol. The Morgan fingerprint density at radius 3 is 2.14 bits per heavy atom. The van der Waals surface area contributed by atoms with E-state index in [4.69, 9.17) is 26.9 Å². The molecular weight excluding hydrogens is 456 g/mol. The molecule has 8 heteroatoms. The van der Waals surface area contributed by atoms with Crippen molar-refractivity contribution in [1.29, 1.82) is 0 Å². The molecule has 5 rings (SSSR count). The molecule has 35 heavy (non-hydrogen) atoms. The van der Waals surface area contributed by atoms with Crippen LogP contribution < -0.4 is 20.4 Å². The molecule has 2 N–H and O–H groups in total. The van der Waals surface area contributed by atoms with E-state index in [2.05, 4.69) is 56.8 Å². The smallest absolute Gasteiger partial charge is 0.232 e. The molecule has 2 aromatic rings. The maximum absolute atomic E-state index is 5.74. The molecule has 2 aliphatic heterocycles. The van der Waals surface area contributed by atoms with Crippen molar-refractivity contribution < 1.29 is 4.74 Å². The zero-order chi connectivity index (χ0) is 23.9. The van der Waals surface area contributed by atoms with E-state index in [1.807, 2.05) is 0 Å². The first-order valence-corrected chi connectivity index (χ1v) is 13.7. The van der Waals surface area contributed by atoms with E-state index in [0.29, 0.717) is 11.1 Å². The summed E-state index contributed by atoms with van der Waals surface area (Å²) in [5.74, 6) is 2.51. The molecule has 0 radical (unpaired) electrons. The summed E-state index contributed by atoms with van der Waals surface area (Å²) in [6, 6.07) is 13.0. The van der Waals surface area contributed by atoms with Crippen LogP contribution >= 0.6 is 12.2 Å². The summed E-state index contributed by atoms with van der Waals surface area (Å²) in [6.45, 7) is 6.06. The number of aromatic nitrogens is 2. The zero-order valence-electron chi connectivity index (χ0n) is 20.7. The number of nitrogens with zero attached hydrogens (tertiary/aromatic N) is 4. The Bertz CT molecular complexity index is 967. The van der Waals surface area contributed by atoms with Crippen LogP contribution in [0.2, 0.25) is 0 Å². The van der Waals surface area contributed by atoms with Gasteiger partial charge in [-0.25, -0.2) is 0 Å². The third kappa shape index (κ3) is 6.04. The largest absolute Gasteiger partial charge is 0.378 e. The lowest BCUT2D eigenvalue weighted by Gasteiger charge is -2.31. The number of hydrogen-bond donors (Lipinski definition) is 2. The highest BCUT2D eigenvalue weighted by Crippen LogP contribution is 2.40. The first-order valence-electron chi connectivity index (χ1n) is 13.3. The molecule has 3 heterocycles. The molecule has 1 aromatic carbocycles. The van der Waals surface area contributed by atoms with Crippen LogP contribution in [0, 0.1) is 0 Å². The Kier molecular flexibility index (Phi) is 7.99. The summed E-state index contributed by atoms with van der Waals surface area (Å²) in [6.07, 6.45) is 9.91. The second kappa shape index (κ2) is 11.5. The molecular formula is C27H38N6OS. The summed E-state index contributed by atoms with van der Waals surface area (Å²) >= 11 is 5.74. The van der Waals surface area contributed by atoms with Gasteiger partial charge in [-0.05, 0) is 43.5 Å². The van der Waals surface area contributed by atoms with Crippen molar-refractivity contribution in [3.8, 4) is 0 Å². The quantitative estimate of drug-likeness (QED) is 0.570. The van der Waals surface area contributed by atoms with Gasteiger partial charge in [-0.1, -0.05) is 56.0 Å². The van der Waals surface area contributed by atoms with Crippen LogP contribution in [-0.2, 0) is 10.2 Å². The minimum absolute atomic E-state index is 0.140. The maximum atomic E-state index is 5.74. The van der Waals surface area contributed by atoms with Gasteiger partial charge < -0.3 is 25.2 Å². The van der Waals surface area contributed by atoms with Gasteiger partial charge in [0.2, 0.25) is 5.95 Å². The third-order valence-electron chi connectivity index (χ3n) is 7.72. The van der Waals surface area contributed by atoms with Crippen molar-refractivity contribution in [2.75, 3.05) is 61.1 Å². The number of anilines is 3. The third-order valence-corrected chi connectivity index (χ3v) is 7.97. The Morgan fingerprint density at radius 2 is 1.49 bits per heavy atom. The van der Waals surface area contributed by atoms with Gasteiger partial charge in [0.05, 0.1) is 13.2 Å². The molecule has 3 aliphatic rings. The van der Waals surface area contributed by atoms with Crippen LogP contribution in [0.15, 0.2) is 36.4 Å². The maximum Gasteiger partial charge on any atom is 0.232 e. The molecule has 1 aromatic heterocycles. The first kappa shape index (κ1) is 24.3. The summed E-state index contributed by atoms with van der Waals surface area (Å²) in [5.41, 5.74) is 1.54. The zero-order valence-corrected chi connectivity index (χ0v) is 21.5. The molecule has 7 nitrogen and oxygen atoms in total. The second-order valence-corrected chi connectivity index (χ2v) is 10.5. The highest BCUT2D eigenvalue weighted by molar-refractivity contribution is 7.80. The van der Waals surface area contributed by atoms with Crippen molar-refractivity contribution in [1.82, 2.24) is 15.3 Å². The normalized spacial score (nSPS) is 20.3. The van der Waals surface area contributed by atoms with Gasteiger partial charge in [0.1, 0.15) is 11.6 Å². The lowest BCUT2D eigenvalue weighted by atomic mass is 9.79. The van der Waals surface area contributed by atoms with E-state index >= 15 is 0 Å². The number of morpholine rings is 1. The van der Waals surface area contributed by atoms with Gasteiger partial charge >= 0.3 is 0 Å². The highest BCUT2D eigenvalue weighted by atomic mass is 32.1. The number of nitrogens with one attached hydrogen (secondary N) is 2. The van der Waals surface area contributed by atoms with Crippen molar-refractivity contribution >= 4 is 34.9 Å². The fraction of sp³-hybridized carbons (Fsp3) is 0.593. The minimum atomic E-state index is 0.140. The number of rotatable bonds is 6. The highest BCUT2D eigenvalue weighted by Gasteiger charge is 2.35. The van der Waals surface area contributed by atoms with Gasteiger partial charge in [-0.2, -0.15) is 9.97 Å². The van der Waals surface area contributed by atoms with E-state index in [0.717, 1.165) is 57.6 Å². The van der Waals surface area contributed by atoms with Gasteiger partial charge in [0, 0.05) is 44.2 Å². The predicted molar refractivity (Wildman–Crippen MR) is 147 cm³/mol. The van der Waals surface area contributed by atoms with E-state index in [1.165, 1.54) is 56.9 Å².